The average molecular weight is 649 g/mol. The minimum atomic E-state index is -4.12. The molecular formula is C32H30ClFN6O4S. The molecule has 2 saturated heterocycles. The van der Waals surface area contributed by atoms with E-state index in [0.717, 1.165) is 6.26 Å². The van der Waals surface area contributed by atoms with Crippen LogP contribution in [0.15, 0.2) is 58.9 Å². The summed E-state index contributed by atoms with van der Waals surface area (Å²) in [5.74, 6) is -0.758. The number of fused-ring (bicyclic) bond motifs is 6. The Kier molecular flexibility index (Phi) is 6.79. The molecule has 5 aromatic rings. The van der Waals surface area contributed by atoms with E-state index in [-0.39, 0.29) is 61.3 Å². The van der Waals surface area contributed by atoms with Crippen molar-refractivity contribution in [2.24, 2.45) is 11.8 Å². The van der Waals surface area contributed by atoms with Crippen LogP contribution >= 0.6 is 11.6 Å². The van der Waals surface area contributed by atoms with Crippen LogP contribution in [-0.2, 0) is 14.6 Å². The number of hydrogen-bond donors (Lipinski definition) is 1. The lowest BCUT2D eigenvalue weighted by atomic mass is 10.0. The van der Waals surface area contributed by atoms with Crippen LogP contribution < -0.4 is 10.5 Å². The van der Waals surface area contributed by atoms with E-state index in [4.69, 9.17) is 21.6 Å². The molecule has 0 saturated carbocycles. The molecule has 0 aliphatic carbocycles. The summed E-state index contributed by atoms with van der Waals surface area (Å²) in [5.41, 5.74) is 1.20. The molecule has 2 atom stereocenters. The molecule has 1 aromatic carbocycles. The van der Waals surface area contributed by atoms with Gasteiger partial charge in [0.05, 0.1) is 38.2 Å². The largest absolute Gasteiger partial charge is 0.369 e. The number of halogens is 2. The number of likely N-dealkylation sites (tertiary alicyclic amines) is 1. The molecule has 7 rings (SSSR count). The minimum absolute atomic E-state index is 0.0613. The van der Waals surface area contributed by atoms with Gasteiger partial charge in [-0.1, -0.05) is 38.1 Å². The van der Waals surface area contributed by atoms with E-state index in [9.17, 15) is 18.0 Å². The number of sulfone groups is 1. The Bertz CT molecular complexity index is 2300. The molecule has 45 heavy (non-hydrogen) atoms. The highest BCUT2D eigenvalue weighted by Crippen LogP contribution is 2.41. The third kappa shape index (κ3) is 4.53. The second kappa shape index (κ2) is 10.4. The average Bonchev–Trinajstić information content (AvgIpc) is 3.56. The van der Waals surface area contributed by atoms with E-state index in [0.29, 0.717) is 48.3 Å². The lowest BCUT2D eigenvalue weighted by Crippen LogP contribution is -2.34. The van der Waals surface area contributed by atoms with Gasteiger partial charge in [-0.2, -0.15) is 0 Å². The summed E-state index contributed by atoms with van der Waals surface area (Å²) in [5, 5.41) is 0.498. The second-order valence-corrected chi connectivity index (χ2v) is 14.5. The SMILES string of the molecule is C=CC(=O)N1C[C@@H]2CN(c3c(S(C)(=O)=O)c(=O)n4c5nc(c(Cl)cc35)c3c(F)cccc3nc3cc[nH]c(C(C)C)c34)C[C@@H]2C1. The van der Waals surface area contributed by atoms with Gasteiger partial charge in [0.2, 0.25) is 5.91 Å². The summed E-state index contributed by atoms with van der Waals surface area (Å²) in [4.78, 5) is 43.1. The summed E-state index contributed by atoms with van der Waals surface area (Å²) in [7, 11) is -4.12. The maximum atomic E-state index is 15.6. The van der Waals surface area contributed by atoms with Crippen LogP contribution in [0.4, 0.5) is 10.1 Å². The number of nitrogens with one attached hydrogen (secondary N) is 1. The van der Waals surface area contributed by atoms with Crippen LogP contribution in [0.2, 0.25) is 5.02 Å². The van der Waals surface area contributed by atoms with Crippen molar-refractivity contribution in [2.75, 3.05) is 37.3 Å². The Morgan fingerprint density at radius 3 is 2.49 bits per heavy atom. The third-order valence-electron chi connectivity index (χ3n) is 8.94. The van der Waals surface area contributed by atoms with Crippen LogP contribution in [0, 0.1) is 17.7 Å². The van der Waals surface area contributed by atoms with Gasteiger partial charge in [-0.25, -0.2) is 22.8 Å². The van der Waals surface area contributed by atoms with Crippen LogP contribution in [0.3, 0.4) is 0 Å². The number of nitrogens with zero attached hydrogens (tertiary/aromatic N) is 5. The molecule has 0 radical (unpaired) electrons. The standard InChI is InChI=1S/C32H30ClFN6O4S/c1-5-24(41)38-12-17-14-39(15-18(17)13-38)28-19-11-20(33)27-25-21(34)7-6-8-22(25)36-23-9-10-35-26(16(2)3)29(23)40(31(19)37-27)32(42)30(28)45(4,43)44/h5-11,16-18,35H,1,12-15H2,2-4H3/t17-,18+. The van der Waals surface area contributed by atoms with E-state index in [1.54, 1.807) is 29.3 Å². The summed E-state index contributed by atoms with van der Waals surface area (Å²) >= 11 is 6.87. The lowest BCUT2D eigenvalue weighted by Gasteiger charge is -2.26. The zero-order valence-corrected chi connectivity index (χ0v) is 26.4. The molecule has 2 bridgehead atoms. The molecule has 2 aliphatic heterocycles. The van der Waals surface area contributed by atoms with E-state index >= 15 is 4.39 Å². The van der Waals surface area contributed by atoms with Crippen LogP contribution in [0.5, 0.6) is 0 Å². The smallest absolute Gasteiger partial charge is 0.277 e. The number of amides is 1. The van der Waals surface area contributed by atoms with E-state index < -0.39 is 21.2 Å². The Balaban J connectivity index is 1.67. The maximum absolute atomic E-state index is 15.6. The van der Waals surface area contributed by atoms with E-state index in [2.05, 4.69) is 11.6 Å². The van der Waals surface area contributed by atoms with Crippen molar-refractivity contribution in [3.63, 3.8) is 0 Å². The zero-order chi connectivity index (χ0) is 31.9. The lowest BCUT2D eigenvalue weighted by molar-refractivity contribution is -0.125. The maximum Gasteiger partial charge on any atom is 0.277 e. The number of benzene rings is 1. The topological polar surface area (TPSA) is 121 Å². The van der Waals surface area contributed by atoms with Crippen LogP contribution in [0.25, 0.3) is 38.5 Å². The number of rotatable bonds is 4. The Morgan fingerprint density at radius 2 is 1.84 bits per heavy atom. The van der Waals surface area contributed by atoms with Crippen LogP contribution in [0.1, 0.15) is 25.5 Å². The van der Waals surface area contributed by atoms with Crippen molar-refractivity contribution in [1.29, 1.82) is 0 Å². The first kappa shape index (κ1) is 29.4. The Labute approximate surface area is 262 Å². The van der Waals surface area contributed by atoms with Gasteiger partial charge in [-0.05, 0) is 36.3 Å². The summed E-state index contributed by atoms with van der Waals surface area (Å²) in [6.45, 7) is 9.29. The molecule has 13 heteroatoms. The molecule has 2 aliphatic rings. The molecule has 0 spiro atoms. The van der Waals surface area contributed by atoms with Crippen molar-refractivity contribution in [1.82, 2.24) is 24.3 Å². The molecule has 2 fully saturated rings. The number of H-pyrrole nitrogens is 1. The second-order valence-electron chi connectivity index (χ2n) is 12.2. The molecule has 1 N–H and O–H groups in total. The summed E-state index contributed by atoms with van der Waals surface area (Å²) in [6.07, 6.45) is 3.99. The molecule has 1 amide bonds. The molecule has 232 valence electrons. The van der Waals surface area contributed by atoms with Crippen molar-refractivity contribution in [3.8, 4) is 0 Å². The van der Waals surface area contributed by atoms with E-state index in [1.165, 1.54) is 22.6 Å². The number of aromatic amines is 1. The van der Waals surface area contributed by atoms with Gasteiger partial charge in [0.1, 0.15) is 5.82 Å². The van der Waals surface area contributed by atoms with Gasteiger partial charge in [0, 0.05) is 61.5 Å². The quantitative estimate of drug-likeness (QED) is 0.277. The van der Waals surface area contributed by atoms with Gasteiger partial charge in [0.15, 0.2) is 20.4 Å². The van der Waals surface area contributed by atoms with Gasteiger partial charge in [-0.3, -0.25) is 14.0 Å². The van der Waals surface area contributed by atoms with Crippen molar-refractivity contribution < 1.29 is 17.6 Å². The highest BCUT2D eigenvalue weighted by Gasteiger charge is 2.43. The van der Waals surface area contributed by atoms with E-state index in [1.807, 2.05) is 18.7 Å². The van der Waals surface area contributed by atoms with Gasteiger partial charge >= 0.3 is 0 Å². The summed E-state index contributed by atoms with van der Waals surface area (Å²) in [6, 6.07) is 7.71. The molecular weight excluding hydrogens is 619 g/mol. The van der Waals surface area contributed by atoms with Crippen molar-refractivity contribution in [3.05, 3.63) is 76.1 Å². The third-order valence-corrected chi connectivity index (χ3v) is 10.3. The van der Waals surface area contributed by atoms with Crippen molar-refractivity contribution in [2.45, 2.75) is 24.7 Å². The highest BCUT2D eigenvalue weighted by atomic mass is 35.5. The fourth-order valence-electron chi connectivity index (χ4n) is 6.99. The minimum Gasteiger partial charge on any atom is -0.369 e. The monoisotopic (exact) mass is 648 g/mol. The highest BCUT2D eigenvalue weighted by molar-refractivity contribution is 7.90. The number of carbonyl (C=O) groups excluding carboxylic acids is 1. The van der Waals surface area contributed by atoms with Crippen molar-refractivity contribution >= 4 is 71.5 Å². The first-order valence-corrected chi connectivity index (χ1v) is 16.9. The van der Waals surface area contributed by atoms with Gasteiger partial charge < -0.3 is 14.8 Å². The molecule has 4 aromatic heterocycles. The molecule has 10 nitrogen and oxygen atoms in total. The zero-order valence-electron chi connectivity index (χ0n) is 24.8. The predicted molar refractivity (Wildman–Crippen MR) is 173 cm³/mol. The number of carbonyl (C=O) groups is 1. The first-order valence-electron chi connectivity index (χ1n) is 14.6. The first-order chi connectivity index (χ1) is 21.4. The number of pyridine rings is 3. The molecule has 6 heterocycles. The normalized spacial score (nSPS) is 18.5. The van der Waals surface area contributed by atoms with Gasteiger partial charge in [0.25, 0.3) is 5.56 Å². The fraction of sp³-hybridized carbons (Fsp3) is 0.312. The van der Waals surface area contributed by atoms with Gasteiger partial charge in [-0.15, -0.1) is 0 Å². The Hall–Kier alpha value is -4.29. The number of hydrogen-bond acceptors (Lipinski definition) is 7. The predicted octanol–water partition coefficient (Wildman–Crippen LogP) is 4.84. The number of anilines is 1. The molecule has 0 unspecified atom stereocenters. The number of aromatic nitrogens is 4. The Morgan fingerprint density at radius 1 is 1.13 bits per heavy atom. The fourth-order valence-corrected chi connectivity index (χ4v) is 8.24. The van der Waals surface area contributed by atoms with Crippen LogP contribution in [-0.4, -0.2) is 71.0 Å². The summed E-state index contributed by atoms with van der Waals surface area (Å²) < 4.78 is 44.1.